The van der Waals surface area contributed by atoms with Crippen LogP contribution in [-0.2, 0) is 9.63 Å². The maximum Gasteiger partial charge on any atom is 0.137 e. The van der Waals surface area contributed by atoms with E-state index in [1.54, 1.807) is 12.0 Å². The average molecular weight is 219 g/mol. The first-order valence-corrected chi connectivity index (χ1v) is 5.56. The van der Waals surface area contributed by atoms with Gasteiger partial charge in [0.2, 0.25) is 0 Å². The maximum absolute atomic E-state index is 11.7. The fraction of sp³-hybridized carbons (Fsp3) is 0.462. The van der Waals surface area contributed by atoms with Crippen LogP contribution in [0.25, 0.3) is 0 Å². The molecule has 1 aromatic rings. The normalized spacial score (nSPS) is 30.6. The zero-order valence-electron chi connectivity index (χ0n) is 9.88. The Balaban J connectivity index is 2.34. The molecule has 0 amide bonds. The van der Waals surface area contributed by atoms with Gasteiger partial charge in [-0.05, 0) is 19.4 Å². The molecule has 86 valence electrons. The summed E-state index contributed by atoms with van der Waals surface area (Å²) in [7, 11) is 1.89. The Hall–Kier alpha value is -1.19. The Morgan fingerprint density at radius 3 is 2.50 bits per heavy atom. The van der Waals surface area contributed by atoms with E-state index in [1.165, 1.54) is 0 Å². The van der Waals surface area contributed by atoms with E-state index in [4.69, 9.17) is 4.84 Å². The molecule has 16 heavy (non-hydrogen) atoms. The number of nitrogens with zero attached hydrogens (tertiary/aromatic N) is 1. The lowest BCUT2D eigenvalue weighted by Crippen LogP contribution is -2.26. The molecule has 1 aromatic carbocycles. The van der Waals surface area contributed by atoms with Crippen molar-refractivity contribution < 1.29 is 9.63 Å². The van der Waals surface area contributed by atoms with Crippen LogP contribution in [0.15, 0.2) is 30.3 Å². The first kappa shape index (κ1) is 11.3. The molecular weight excluding hydrogens is 202 g/mol. The van der Waals surface area contributed by atoms with E-state index in [2.05, 4.69) is 0 Å². The molecule has 0 saturated carbocycles. The highest BCUT2D eigenvalue weighted by Crippen LogP contribution is 2.38. The van der Waals surface area contributed by atoms with Gasteiger partial charge in [0.1, 0.15) is 5.78 Å². The van der Waals surface area contributed by atoms with Crippen molar-refractivity contribution in [2.24, 2.45) is 5.92 Å². The molecular formula is C13H17NO2. The Kier molecular flexibility index (Phi) is 3.08. The quantitative estimate of drug-likeness (QED) is 0.763. The van der Waals surface area contributed by atoms with E-state index in [9.17, 15) is 4.79 Å². The van der Waals surface area contributed by atoms with Gasteiger partial charge in [0.05, 0.1) is 18.1 Å². The van der Waals surface area contributed by atoms with Crippen molar-refractivity contribution in [2.75, 3.05) is 7.05 Å². The summed E-state index contributed by atoms with van der Waals surface area (Å²) in [5, 5.41) is 1.80. The van der Waals surface area contributed by atoms with Gasteiger partial charge >= 0.3 is 0 Å². The second-order valence-electron chi connectivity index (χ2n) is 4.35. The third-order valence-corrected chi connectivity index (χ3v) is 3.18. The molecule has 0 aliphatic carbocycles. The van der Waals surface area contributed by atoms with Gasteiger partial charge in [0.15, 0.2) is 0 Å². The van der Waals surface area contributed by atoms with Gasteiger partial charge in [-0.3, -0.25) is 9.63 Å². The summed E-state index contributed by atoms with van der Waals surface area (Å²) >= 11 is 0. The number of hydrogen-bond donors (Lipinski definition) is 0. The van der Waals surface area contributed by atoms with Crippen LogP contribution < -0.4 is 0 Å². The Labute approximate surface area is 96.0 Å². The average Bonchev–Trinajstić information content (AvgIpc) is 2.55. The maximum atomic E-state index is 11.7. The molecule has 1 aliphatic rings. The summed E-state index contributed by atoms with van der Waals surface area (Å²) in [6, 6.07) is 10.1. The van der Waals surface area contributed by atoms with Gasteiger partial charge in [0.25, 0.3) is 0 Å². The van der Waals surface area contributed by atoms with Crippen molar-refractivity contribution in [3.05, 3.63) is 35.9 Å². The first-order valence-electron chi connectivity index (χ1n) is 5.56. The molecule has 3 atom stereocenters. The van der Waals surface area contributed by atoms with Crippen molar-refractivity contribution in [3.63, 3.8) is 0 Å². The highest BCUT2D eigenvalue weighted by atomic mass is 16.7. The fourth-order valence-corrected chi connectivity index (χ4v) is 2.50. The van der Waals surface area contributed by atoms with Crippen LogP contribution in [0, 0.1) is 5.92 Å². The highest BCUT2D eigenvalue weighted by molar-refractivity contribution is 5.80. The monoisotopic (exact) mass is 219 g/mol. The predicted octanol–water partition coefficient (Wildman–Crippen LogP) is 2.20. The van der Waals surface area contributed by atoms with Crippen molar-refractivity contribution in [3.8, 4) is 0 Å². The minimum Gasteiger partial charge on any atom is -0.300 e. The molecule has 1 aliphatic heterocycles. The Morgan fingerprint density at radius 1 is 1.31 bits per heavy atom. The van der Waals surface area contributed by atoms with Crippen molar-refractivity contribution in [1.82, 2.24) is 5.06 Å². The summed E-state index contributed by atoms with van der Waals surface area (Å²) in [5.41, 5.74) is 1.13. The van der Waals surface area contributed by atoms with Crippen LogP contribution >= 0.6 is 0 Å². The largest absolute Gasteiger partial charge is 0.300 e. The van der Waals surface area contributed by atoms with Gasteiger partial charge in [-0.15, -0.1) is 0 Å². The van der Waals surface area contributed by atoms with E-state index >= 15 is 0 Å². The number of ketones is 1. The lowest BCUT2D eigenvalue weighted by Gasteiger charge is -2.21. The summed E-state index contributed by atoms with van der Waals surface area (Å²) in [6.07, 6.45) is -0.0484. The minimum absolute atomic E-state index is 0.0358. The molecule has 2 rings (SSSR count). The van der Waals surface area contributed by atoms with E-state index in [0.29, 0.717) is 0 Å². The van der Waals surface area contributed by atoms with E-state index in [1.807, 2.05) is 44.3 Å². The lowest BCUT2D eigenvalue weighted by molar-refractivity contribution is -0.140. The molecule has 3 heteroatoms. The number of hydroxylamine groups is 2. The fourth-order valence-electron chi connectivity index (χ4n) is 2.50. The zero-order valence-corrected chi connectivity index (χ0v) is 9.88. The Bertz CT molecular complexity index is 377. The van der Waals surface area contributed by atoms with E-state index in [0.717, 1.165) is 5.56 Å². The van der Waals surface area contributed by atoms with Crippen molar-refractivity contribution in [1.29, 1.82) is 0 Å². The molecule has 1 heterocycles. The van der Waals surface area contributed by atoms with Gasteiger partial charge < -0.3 is 0 Å². The van der Waals surface area contributed by atoms with Crippen LogP contribution in [0.4, 0.5) is 0 Å². The van der Waals surface area contributed by atoms with Crippen LogP contribution in [-0.4, -0.2) is 24.0 Å². The summed E-state index contributed by atoms with van der Waals surface area (Å²) in [6.45, 7) is 3.59. The van der Waals surface area contributed by atoms with Crippen molar-refractivity contribution in [2.45, 2.75) is 26.0 Å². The minimum atomic E-state index is -0.0765. The number of benzene rings is 1. The smallest absolute Gasteiger partial charge is 0.137 e. The van der Waals surface area contributed by atoms with Gasteiger partial charge in [0, 0.05) is 7.05 Å². The first-order chi connectivity index (χ1) is 7.61. The summed E-state index contributed by atoms with van der Waals surface area (Å²) in [5.74, 6) is 0.109. The van der Waals surface area contributed by atoms with E-state index in [-0.39, 0.29) is 23.8 Å². The van der Waals surface area contributed by atoms with Crippen LogP contribution in [0.1, 0.15) is 25.5 Å². The van der Waals surface area contributed by atoms with Gasteiger partial charge in [-0.2, -0.15) is 5.06 Å². The number of carbonyl (C=O) groups excluding carboxylic acids is 1. The SMILES string of the molecule is CC(=O)[C@@H]1[C@@H](C)ON(C)[C@H]1c1ccccc1. The molecule has 0 aromatic heterocycles. The predicted molar refractivity (Wildman–Crippen MR) is 61.7 cm³/mol. The van der Waals surface area contributed by atoms with Gasteiger partial charge in [-0.25, -0.2) is 0 Å². The molecule has 0 N–H and O–H groups in total. The second-order valence-corrected chi connectivity index (χ2v) is 4.35. The molecule has 1 fully saturated rings. The second kappa shape index (κ2) is 4.36. The third kappa shape index (κ3) is 1.88. The highest BCUT2D eigenvalue weighted by Gasteiger charge is 2.42. The van der Waals surface area contributed by atoms with Crippen LogP contribution in [0.3, 0.4) is 0 Å². The molecule has 0 radical (unpaired) electrons. The number of Topliss-reactive ketones (excluding diaryl/α,β-unsaturated/α-hetero) is 1. The number of hydrogen-bond acceptors (Lipinski definition) is 3. The summed E-state index contributed by atoms with van der Waals surface area (Å²) in [4.78, 5) is 17.3. The molecule has 0 unspecified atom stereocenters. The van der Waals surface area contributed by atoms with Crippen LogP contribution in [0.2, 0.25) is 0 Å². The Morgan fingerprint density at radius 2 is 1.94 bits per heavy atom. The van der Waals surface area contributed by atoms with E-state index < -0.39 is 0 Å². The van der Waals surface area contributed by atoms with Crippen molar-refractivity contribution >= 4 is 5.78 Å². The summed E-state index contributed by atoms with van der Waals surface area (Å²) < 4.78 is 0. The number of rotatable bonds is 2. The zero-order chi connectivity index (χ0) is 11.7. The lowest BCUT2D eigenvalue weighted by atomic mass is 9.87. The molecule has 0 spiro atoms. The molecule has 1 saturated heterocycles. The molecule has 3 nitrogen and oxygen atoms in total. The standard InChI is InChI=1S/C13H17NO2/c1-9(15)12-10(2)16-14(3)13(12)11-7-5-4-6-8-11/h4-8,10,12-13H,1-3H3/t10-,12-,13+/m1/s1. The van der Waals surface area contributed by atoms with Crippen LogP contribution in [0.5, 0.6) is 0 Å². The topological polar surface area (TPSA) is 29.5 Å². The molecule has 0 bridgehead atoms. The number of carbonyl (C=O) groups is 1. The third-order valence-electron chi connectivity index (χ3n) is 3.18. The van der Waals surface area contributed by atoms with Gasteiger partial charge in [-0.1, -0.05) is 30.3 Å².